The molecule has 88 valence electrons. The summed E-state index contributed by atoms with van der Waals surface area (Å²) in [6.07, 6.45) is 12.7. The van der Waals surface area contributed by atoms with E-state index in [0.29, 0.717) is 0 Å². The van der Waals surface area contributed by atoms with Crippen LogP contribution in [0, 0.1) is 0 Å². The van der Waals surface area contributed by atoms with Crippen molar-refractivity contribution in [3.63, 3.8) is 0 Å². The van der Waals surface area contributed by atoms with Gasteiger partial charge in [0, 0.05) is 10.7 Å². The summed E-state index contributed by atoms with van der Waals surface area (Å²) in [5, 5.41) is 2.36. The molecule has 0 aromatic rings. The second-order valence-corrected chi connectivity index (χ2v) is 5.15. The van der Waals surface area contributed by atoms with Crippen LogP contribution in [0.3, 0.4) is 0 Å². The summed E-state index contributed by atoms with van der Waals surface area (Å²) in [6, 6.07) is 0. The van der Waals surface area contributed by atoms with Crippen LogP contribution in [0.1, 0.15) is 57.8 Å². The predicted octanol–water partition coefficient (Wildman–Crippen LogP) is 5.87. The lowest BCUT2D eigenvalue weighted by atomic mass is 10.1. The molecule has 0 aromatic carbocycles. The van der Waals surface area contributed by atoms with E-state index in [1.165, 1.54) is 68.4 Å². The summed E-state index contributed by atoms with van der Waals surface area (Å²) in [4.78, 5) is 0. The van der Waals surface area contributed by atoms with Crippen LogP contribution in [-0.4, -0.2) is 10.7 Å². The lowest BCUT2D eigenvalue weighted by molar-refractivity contribution is 0.575. The summed E-state index contributed by atoms with van der Waals surface area (Å²) >= 11 is 6.91. The molecule has 3 heteroatoms. The molecule has 14 heavy (non-hydrogen) atoms. The molecule has 0 bridgehead atoms. The Morgan fingerprint density at radius 1 is 0.429 bits per heavy atom. The molecule has 0 nitrogen and oxygen atoms in total. The zero-order chi connectivity index (χ0) is 9.78. The quantitative estimate of drug-likeness (QED) is 0.321. The standard InChI is InChI=1S/C11H22Br2.BrH/c12-10-8-6-4-2-1-3-5-7-9-11-13;/h1-11H2;1H. The number of hydrogen-bond acceptors (Lipinski definition) is 0. The van der Waals surface area contributed by atoms with Crippen molar-refractivity contribution in [1.29, 1.82) is 0 Å². The molecule has 0 fully saturated rings. The molecule has 0 N–H and O–H groups in total. The first kappa shape index (κ1) is 17.8. The van der Waals surface area contributed by atoms with Gasteiger partial charge in [-0.15, -0.1) is 17.0 Å². The van der Waals surface area contributed by atoms with E-state index < -0.39 is 0 Å². The second-order valence-electron chi connectivity index (χ2n) is 3.56. The molecule has 0 rings (SSSR count). The monoisotopic (exact) mass is 392 g/mol. The van der Waals surface area contributed by atoms with Crippen LogP contribution in [-0.2, 0) is 0 Å². The van der Waals surface area contributed by atoms with Crippen molar-refractivity contribution in [3.05, 3.63) is 0 Å². The van der Waals surface area contributed by atoms with Crippen LogP contribution >= 0.6 is 48.8 Å². The van der Waals surface area contributed by atoms with Crippen molar-refractivity contribution in [2.24, 2.45) is 0 Å². The Morgan fingerprint density at radius 3 is 0.857 bits per heavy atom. The van der Waals surface area contributed by atoms with Gasteiger partial charge in [0.2, 0.25) is 0 Å². The normalized spacial score (nSPS) is 9.86. The Hall–Kier alpha value is 1.44. The minimum absolute atomic E-state index is 0. The number of rotatable bonds is 10. The Kier molecular flexibility index (Phi) is 21.5. The molecular weight excluding hydrogens is 372 g/mol. The first-order valence-electron chi connectivity index (χ1n) is 5.53. The van der Waals surface area contributed by atoms with Crippen LogP contribution in [0.4, 0.5) is 0 Å². The van der Waals surface area contributed by atoms with Crippen molar-refractivity contribution in [2.45, 2.75) is 57.8 Å². The van der Waals surface area contributed by atoms with Crippen LogP contribution in [0.2, 0.25) is 0 Å². The van der Waals surface area contributed by atoms with Crippen LogP contribution in [0.25, 0.3) is 0 Å². The maximum atomic E-state index is 3.46. The fraction of sp³-hybridized carbons (Fsp3) is 1.00. The number of alkyl halides is 2. The number of hydrogen-bond donors (Lipinski definition) is 0. The van der Waals surface area contributed by atoms with Gasteiger partial charge in [0.05, 0.1) is 0 Å². The SMILES string of the molecule is Br.BrCCCCCCCCCCCBr. The van der Waals surface area contributed by atoms with Gasteiger partial charge in [0.25, 0.3) is 0 Å². The average molecular weight is 395 g/mol. The summed E-state index contributed by atoms with van der Waals surface area (Å²) in [6.45, 7) is 0. The fourth-order valence-electron chi connectivity index (χ4n) is 1.43. The van der Waals surface area contributed by atoms with Gasteiger partial charge in [-0.25, -0.2) is 0 Å². The highest BCUT2D eigenvalue weighted by atomic mass is 79.9. The molecule has 0 unspecified atom stereocenters. The van der Waals surface area contributed by atoms with Crippen molar-refractivity contribution < 1.29 is 0 Å². The van der Waals surface area contributed by atoms with E-state index in [-0.39, 0.29) is 17.0 Å². The lowest BCUT2D eigenvalue weighted by Crippen LogP contribution is -1.82. The van der Waals surface area contributed by atoms with Crippen molar-refractivity contribution in [2.75, 3.05) is 10.7 Å². The smallest absolute Gasteiger partial charge is 0.00313 e. The summed E-state index contributed by atoms with van der Waals surface area (Å²) in [7, 11) is 0. The van der Waals surface area contributed by atoms with E-state index in [2.05, 4.69) is 31.9 Å². The molecule has 0 aromatic heterocycles. The number of unbranched alkanes of at least 4 members (excludes halogenated alkanes) is 8. The zero-order valence-corrected chi connectivity index (χ0v) is 13.8. The van der Waals surface area contributed by atoms with Crippen LogP contribution < -0.4 is 0 Å². The molecule has 0 saturated carbocycles. The summed E-state index contributed by atoms with van der Waals surface area (Å²) in [5.41, 5.74) is 0. The highest BCUT2D eigenvalue weighted by Gasteiger charge is 1.91. The molecule has 0 aliphatic heterocycles. The molecule has 0 aliphatic rings. The molecule has 0 aliphatic carbocycles. The third-order valence-electron chi connectivity index (χ3n) is 2.27. The van der Waals surface area contributed by atoms with E-state index >= 15 is 0 Å². The van der Waals surface area contributed by atoms with Gasteiger partial charge in [0.15, 0.2) is 0 Å². The van der Waals surface area contributed by atoms with Crippen molar-refractivity contribution in [3.8, 4) is 0 Å². The fourth-order valence-corrected chi connectivity index (χ4v) is 2.22. The zero-order valence-electron chi connectivity index (χ0n) is 8.94. The largest absolute Gasteiger partial charge is 0.114 e. The number of halogens is 3. The average Bonchev–Trinajstić information content (AvgIpc) is 2.16. The molecule has 0 spiro atoms. The minimum Gasteiger partial charge on any atom is -0.114 e. The third kappa shape index (κ3) is 15.9. The lowest BCUT2D eigenvalue weighted by Gasteiger charge is -2.00. The maximum absolute atomic E-state index is 3.46. The Balaban J connectivity index is 0. The molecule has 0 atom stereocenters. The predicted molar refractivity (Wildman–Crippen MR) is 79.5 cm³/mol. The molecule has 0 radical (unpaired) electrons. The highest BCUT2D eigenvalue weighted by molar-refractivity contribution is 9.09. The maximum Gasteiger partial charge on any atom is 0.00313 e. The van der Waals surface area contributed by atoms with Gasteiger partial charge in [-0.3, -0.25) is 0 Å². The minimum atomic E-state index is 0. The Bertz CT molecular complexity index is 76.6. The van der Waals surface area contributed by atoms with E-state index in [1.807, 2.05) is 0 Å². The van der Waals surface area contributed by atoms with Gasteiger partial charge in [-0.05, 0) is 12.8 Å². The van der Waals surface area contributed by atoms with Crippen LogP contribution in [0.5, 0.6) is 0 Å². The molecular formula is C11H23Br3. The van der Waals surface area contributed by atoms with E-state index in [9.17, 15) is 0 Å². The van der Waals surface area contributed by atoms with Gasteiger partial charge in [-0.1, -0.05) is 76.8 Å². The summed E-state index contributed by atoms with van der Waals surface area (Å²) < 4.78 is 0. The third-order valence-corrected chi connectivity index (χ3v) is 3.39. The molecule has 0 heterocycles. The Morgan fingerprint density at radius 2 is 0.643 bits per heavy atom. The molecule has 0 amide bonds. The van der Waals surface area contributed by atoms with E-state index in [0.717, 1.165) is 0 Å². The van der Waals surface area contributed by atoms with Gasteiger partial charge < -0.3 is 0 Å². The summed E-state index contributed by atoms with van der Waals surface area (Å²) in [5.74, 6) is 0. The van der Waals surface area contributed by atoms with Gasteiger partial charge in [-0.2, -0.15) is 0 Å². The molecule has 0 saturated heterocycles. The topological polar surface area (TPSA) is 0 Å². The van der Waals surface area contributed by atoms with E-state index in [4.69, 9.17) is 0 Å². The Labute approximate surface area is 117 Å². The van der Waals surface area contributed by atoms with Crippen LogP contribution in [0.15, 0.2) is 0 Å². The second kappa shape index (κ2) is 16.9. The van der Waals surface area contributed by atoms with Gasteiger partial charge in [0.1, 0.15) is 0 Å². The van der Waals surface area contributed by atoms with Crippen molar-refractivity contribution in [1.82, 2.24) is 0 Å². The van der Waals surface area contributed by atoms with Gasteiger partial charge >= 0.3 is 0 Å². The van der Waals surface area contributed by atoms with Crippen molar-refractivity contribution >= 4 is 48.8 Å². The highest BCUT2D eigenvalue weighted by Crippen LogP contribution is 2.10. The first-order valence-corrected chi connectivity index (χ1v) is 7.78. The van der Waals surface area contributed by atoms with E-state index in [1.54, 1.807) is 0 Å². The first-order chi connectivity index (χ1) is 6.41.